The zero-order valence-corrected chi connectivity index (χ0v) is 10.9. The van der Waals surface area contributed by atoms with Crippen molar-refractivity contribution in [3.8, 4) is 11.5 Å². The van der Waals surface area contributed by atoms with Crippen molar-refractivity contribution in [2.75, 3.05) is 20.0 Å². The SMILES string of the molecule is CC(C)(C(=O)O)C1(c2ccc3c(c2)OCO3)COC1. The smallest absolute Gasteiger partial charge is 0.310 e. The van der Waals surface area contributed by atoms with E-state index >= 15 is 0 Å². The standard InChI is InChI=1S/C14H16O5/c1-13(2,12(15)16)14(6-17-7-14)9-3-4-10-11(5-9)19-8-18-10/h3-5H,6-8H2,1-2H3,(H,15,16). The van der Waals surface area contributed by atoms with Gasteiger partial charge in [0.1, 0.15) is 0 Å². The fourth-order valence-electron chi connectivity index (χ4n) is 2.59. The van der Waals surface area contributed by atoms with Crippen LogP contribution in [0.25, 0.3) is 0 Å². The Morgan fingerprint density at radius 1 is 1.26 bits per heavy atom. The maximum Gasteiger partial charge on any atom is 0.310 e. The summed E-state index contributed by atoms with van der Waals surface area (Å²) in [7, 11) is 0. The molecule has 5 heteroatoms. The van der Waals surface area contributed by atoms with Gasteiger partial charge in [-0.3, -0.25) is 4.79 Å². The van der Waals surface area contributed by atoms with E-state index in [-0.39, 0.29) is 6.79 Å². The van der Waals surface area contributed by atoms with E-state index in [0.29, 0.717) is 24.7 Å². The van der Waals surface area contributed by atoms with E-state index in [4.69, 9.17) is 14.2 Å². The van der Waals surface area contributed by atoms with Crippen LogP contribution in [0.3, 0.4) is 0 Å². The molecule has 1 fully saturated rings. The van der Waals surface area contributed by atoms with E-state index < -0.39 is 16.8 Å². The van der Waals surface area contributed by atoms with Crippen LogP contribution in [0.2, 0.25) is 0 Å². The van der Waals surface area contributed by atoms with Crippen LogP contribution in [0.15, 0.2) is 18.2 Å². The van der Waals surface area contributed by atoms with E-state index in [9.17, 15) is 9.90 Å². The second-order valence-electron chi connectivity index (χ2n) is 5.57. The number of carbonyl (C=O) groups is 1. The van der Waals surface area contributed by atoms with Crippen molar-refractivity contribution >= 4 is 5.97 Å². The minimum Gasteiger partial charge on any atom is -0.481 e. The summed E-state index contributed by atoms with van der Waals surface area (Å²) >= 11 is 0. The van der Waals surface area contributed by atoms with Crippen molar-refractivity contribution < 1.29 is 24.1 Å². The summed E-state index contributed by atoms with van der Waals surface area (Å²) in [5.41, 5.74) is -0.492. The van der Waals surface area contributed by atoms with Crippen molar-refractivity contribution in [3.05, 3.63) is 23.8 Å². The molecule has 102 valence electrons. The molecule has 0 radical (unpaired) electrons. The molecule has 1 N–H and O–H groups in total. The summed E-state index contributed by atoms with van der Waals surface area (Å²) < 4.78 is 16.0. The quantitative estimate of drug-likeness (QED) is 0.901. The molecule has 0 spiro atoms. The Labute approximate surface area is 111 Å². The van der Waals surface area contributed by atoms with Crippen molar-refractivity contribution in [3.63, 3.8) is 0 Å². The molecule has 19 heavy (non-hydrogen) atoms. The Kier molecular flexibility index (Phi) is 2.50. The van der Waals surface area contributed by atoms with Gasteiger partial charge in [-0.2, -0.15) is 0 Å². The molecule has 0 atom stereocenters. The highest BCUT2D eigenvalue weighted by Crippen LogP contribution is 2.49. The van der Waals surface area contributed by atoms with Gasteiger partial charge in [-0.25, -0.2) is 0 Å². The first-order valence-electron chi connectivity index (χ1n) is 6.19. The summed E-state index contributed by atoms with van der Waals surface area (Å²) in [5, 5.41) is 9.49. The minimum atomic E-state index is -0.904. The Balaban J connectivity index is 2.05. The number of fused-ring (bicyclic) bond motifs is 1. The average molecular weight is 264 g/mol. The van der Waals surface area contributed by atoms with Gasteiger partial charge in [0.25, 0.3) is 0 Å². The molecule has 0 amide bonds. The highest BCUT2D eigenvalue weighted by atomic mass is 16.7. The normalized spacial score (nSPS) is 19.9. The fourth-order valence-corrected chi connectivity index (χ4v) is 2.59. The largest absolute Gasteiger partial charge is 0.481 e. The molecule has 0 aliphatic carbocycles. The zero-order chi connectivity index (χ0) is 13.7. The number of ether oxygens (including phenoxy) is 3. The van der Waals surface area contributed by atoms with E-state index in [1.165, 1.54) is 0 Å². The molecule has 1 aromatic rings. The van der Waals surface area contributed by atoms with Crippen LogP contribution >= 0.6 is 0 Å². The number of carboxylic acids is 1. The topological polar surface area (TPSA) is 65.0 Å². The van der Waals surface area contributed by atoms with E-state index in [0.717, 1.165) is 5.56 Å². The number of hydrogen-bond acceptors (Lipinski definition) is 4. The molecular formula is C14H16O5. The van der Waals surface area contributed by atoms with Crippen LogP contribution in [0.5, 0.6) is 11.5 Å². The van der Waals surface area contributed by atoms with E-state index in [1.54, 1.807) is 13.8 Å². The molecule has 0 aromatic heterocycles. The highest BCUT2D eigenvalue weighted by Gasteiger charge is 2.56. The molecular weight excluding hydrogens is 248 g/mol. The van der Waals surface area contributed by atoms with Crippen LogP contribution in [0.4, 0.5) is 0 Å². The number of carboxylic acid groups (broad SMARTS) is 1. The van der Waals surface area contributed by atoms with Crippen molar-refractivity contribution in [1.82, 2.24) is 0 Å². The van der Waals surface area contributed by atoms with Crippen LogP contribution in [-0.2, 0) is 14.9 Å². The Morgan fingerprint density at radius 2 is 1.95 bits per heavy atom. The summed E-state index contributed by atoms with van der Waals surface area (Å²) in [5.74, 6) is 0.547. The van der Waals surface area contributed by atoms with E-state index in [1.807, 2.05) is 18.2 Å². The predicted octanol–water partition coefficient (Wildman–Crippen LogP) is 1.79. The molecule has 1 saturated heterocycles. The summed E-state index contributed by atoms with van der Waals surface area (Å²) in [6, 6.07) is 5.60. The Hall–Kier alpha value is -1.75. The lowest BCUT2D eigenvalue weighted by Crippen LogP contribution is -2.59. The van der Waals surface area contributed by atoms with Gasteiger partial charge in [-0.1, -0.05) is 6.07 Å². The number of aliphatic carboxylic acids is 1. The summed E-state index contributed by atoms with van der Waals surface area (Å²) in [6.07, 6.45) is 0. The molecule has 0 saturated carbocycles. The third-order valence-electron chi connectivity index (χ3n) is 4.35. The first-order chi connectivity index (χ1) is 8.97. The van der Waals surface area contributed by atoms with Gasteiger partial charge >= 0.3 is 5.97 Å². The van der Waals surface area contributed by atoms with Gasteiger partial charge in [0, 0.05) is 0 Å². The van der Waals surface area contributed by atoms with Crippen molar-refractivity contribution in [2.45, 2.75) is 19.3 Å². The number of hydrogen-bond donors (Lipinski definition) is 1. The first-order valence-corrected chi connectivity index (χ1v) is 6.19. The second-order valence-corrected chi connectivity index (χ2v) is 5.57. The van der Waals surface area contributed by atoms with Gasteiger partial charge in [0.05, 0.1) is 24.0 Å². The maximum absolute atomic E-state index is 11.6. The first kappa shape index (κ1) is 12.3. The molecule has 5 nitrogen and oxygen atoms in total. The van der Waals surface area contributed by atoms with Gasteiger partial charge in [0.15, 0.2) is 11.5 Å². The monoisotopic (exact) mass is 264 g/mol. The Bertz CT molecular complexity index is 531. The molecule has 0 unspecified atom stereocenters. The third kappa shape index (κ3) is 1.54. The Morgan fingerprint density at radius 3 is 2.53 bits per heavy atom. The van der Waals surface area contributed by atoms with Crippen LogP contribution in [-0.4, -0.2) is 31.1 Å². The maximum atomic E-state index is 11.6. The van der Waals surface area contributed by atoms with Crippen molar-refractivity contribution in [1.29, 1.82) is 0 Å². The second kappa shape index (κ2) is 3.87. The van der Waals surface area contributed by atoms with Crippen LogP contribution < -0.4 is 9.47 Å². The highest BCUT2D eigenvalue weighted by molar-refractivity contribution is 5.77. The molecule has 2 aliphatic heterocycles. The molecule has 1 aromatic carbocycles. The van der Waals surface area contributed by atoms with Crippen LogP contribution in [0.1, 0.15) is 19.4 Å². The minimum absolute atomic E-state index is 0.213. The van der Waals surface area contributed by atoms with Gasteiger partial charge in [-0.05, 0) is 31.5 Å². The fraction of sp³-hybridized carbons (Fsp3) is 0.500. The van der Waals surface area contributed by atoms with Crippen molar-refractivity contribution in [2.24, 2.45) is 5.41 Å². The van der Waals surface area contributed by atoms with E-state index in [2.05, 4.69) is 0 Å². The average Bonchev–Trinajstić information content (AvgIpc) is 2.74. The summed E-state index contributed by atoms with van der Waals surface area (Å²) in [4.78, 5) is 11.6. The molecule has 3 rings (SSSR count). The lowest BCUT2D eigenvalue weighted by Gasteiger charge is -2.50. The zero-order valence-electron chi connectivity index (χ0n) is 10.9. The lowest BCUT2D eigenvalue weighted by atomic mass is 9.60. The molecule has 0 bridgehead atoms. The van der Waals surface area contributed by atoms with Gasteiger partial charge in [-0.15, -0.1) is 0 Å². The van der Waals surface area contributed by atoms with Crippen LogP contribution in [0, 0.1) is 5.41 Å². The number of rotatable bonds is 3. The predicted molar refractivity (Wildman–Crippen MR) is 66.5 cm³/mol. The van der Waals surface area contributed by atoms with Gasteiger partial charge < -0.3 is 19.3 Å². The molecule has 2 heterocycles. The third-order valence-corrected chi connectivity index (χ3v) is 4.35. The number of benzene rings is 1. The van der Waals surface area contributed by atoms with Gasteiger partial charge in [0.2, 0.25) is 6.79 Å². The summed E-state index contributed by atoms with van der Waals surface area (Å²) in [6.45, 7) is 4.51. The molecule has 2 aliphatic rings. The lowest BCUT2D eigenvalue weighted by molar-refractivity contribution is -0.171.